The molecule has 0 bridgehead atoms. The minimum atomic E-state index is -4.33. The van der Waals surface area contributed by atoms with Gasteiger partial charge >= 0.3 is 0 Å². The van der Waals surface area contributed by atoms with Gasteiger partial charge in [0.2, 0.25) is 15.7 Å². The van der Waals surface area contributed by atoms with Crippen molar-refractivity contribution in [2.75, 3.05) is 49.1 Å². The lowest BCUT2D eigenvalue weighted by Crippen LogP contribution is -3.00. The quantitative estimate of drug-likeness (QED) is 0.102. The van der Waals surface area contributed by atoms with E-state index in [2.05, 4.69) is 129 Å². The molecule has 1 saturated carbocycles. The first-order valence-electron chi connectivity index (χ1n) is 20.7. The number of hydrogen-bond acceptors (Lipinski definition) is 8. The molecule has 4 aliphatic rings. The van der Waals surface area contributed by atoms with Gasteiger partial charge in [-0.15, -0.1) is 0 Å². The van der Waals surface area contributed by atoms with E-state index in [-0.39, 0.29) is 47.9 Å². The number of nitro benzene ring substituents is 2. The van der Waals surface area contributed by atoms with Crippen LogP contribution in [0, 0.1) is 20.2 Å². The lowest BCUT2D eigenvalue weighted by Gasteiger charge is -2.29. The molecular weight excluding hydrogens is 892 g/mol. The number of sulfonamides is 1. The molecule has 3 aromatic rings. The largest absolute Gasteiger partial charge is 1.00 e. The van der Waals surface area contributed by atoms with E-state index >= 15 is 0 Å². The molecule has 3 aliphatic heterocycles. The Morgan fingerprint density at radius 3 is 1.65 bits per heavy atom. The van der Waals surface area contributed by atoms with Gasteiger partial charge in [-0.25, -0.2) is 13.0 Å². The third-order valence-corrected chi connectivity index (χ3v) is 14.3. The number of nitrogens with zero attached hydrogens (tertiary/aromatic N) is 6. The number of hydrogen-bond donors (Lipinski definition) is 0. The molecular formula is C46H55IN6O6S. The summed E-state index contributed by atoms with van der Waals surface area (Å²) in [5, 5.41) is 23.3. The summed E-state index contributed by atoms with van der Waals surface area (Å²) in [6, 6.07) is 20.0. The maximum Gasteiger partial charge on any atom is 0.296 e. The number of non-ortho nitro benzene ring substituents is 1. The van der Waals surface area contributed by atoms with Crippen LogP contribution in [-0.2, 0) is 20.9 Å². The van der Waals surface area contributed by atoms with Crippen molar-refractivity contribution in [1.29, 1.82) is 0 Å². The van der Waals surface area contributed by atoms with Crippen LogP contribution in [0.1, 0.15) is 84.8 Å². The molecule has 0 atom stereocenters. The summed E-state index contributed by atoms with van der Waals surface area (Å²) in [5.74, 6) is 0. The maximum atomic E-state index is 14.0. The van der Waals surface area contributed by atoms with E-state index < -0.39 is 36.1 Å². The molecule has 1 saturated heterocycles. The second-order valence-corrected chi connectivity index (χ2v) is 18.7. The third-order valence-electron chi connectivity index (χ3n) is 12.4. The molecule has 7 rings (SSSR count). The van der Waals surface area contributed by atoms with Gasteiger partial charge in [-0.2, -0.15) is 4.31 Å². The van der Waals surface area contributed by atoms with Crippen LogP contribution in [0.2, 0.25) is 0 Å². The first-order chi connectivity index (χ1) is 28.1. The van der Waals surface area contributed by atoms with E-state index in [4.69, 9.17) is 0 Å². The number of para-hydroxylation sites is 2. The van der Waals surface area contributed by atoms with Crippen LogP contribution < -0.4 is 33.8 Å². The standard InChI is InChI=1S/C46H55N6O6S.HI/c1-7-26-49-38-18-11-9-16-36(38)45(3,4)42(49)24-20-33-14-13-15-34(21-25-43-46(5,6)37-17-10-12-19-39(37)50(43)27-8-2)44(33)47-28-30-48(31-29-47)59(57,58)41-23-22-35(51(53)54)32-40(41)52(55)56;/h9-12,16-25,32H,7-8,13-15,26-31H2,1-6H3;1H/q+1;/p-1. The maximum absolute atomic E-state index is 14.0. The summed E-state index contributed by atoms with van der Waals surface area (Å²) in [6.07, 6.45) is 13.8. The van der Waals surface area contributed by atoms with Gasteiger partial charge in [0, 0.05) is 63.9 Å². The van der Waals surface area contributed by atoms with Crippen LogP contribution in [0.25, 0.3) is 0 Å². The third kappa shape index (κ3) is 8.09. The Hall–Kier alpha value is -4.67. The summed E-state index contributed by atoms with van der Waals surface area (Å²) in [6.45, 7) is 16.3. The number of halogens is 1. The molecule has 3 heterocycles. The van der Waals surface area contributed by atoms with E-state index in [0.717, 1.165) is 69.1 Å². The molecule has 318 valence electrons. The molecule has 0 spiro atoms. The highest BCUT2D eigenvalue weighted by molar-refractivity contribution is 7.89. The van der Waals surface area contributed by atoms with Gasteiger partial charge in [0.1, 0.15) is 0 Å². The zero-order valence-electron chi connectivity index (χ0n) is 35.4. The smallest absolute Gasteiger partial charge is 0.296 e. The van der Waals surface area contributed by atoms with Gasteiger partial charge in [-0.1, -0.05) is 90.1 Å². The van der Waals surface area contributed by atoms with Gasteiger partial charge < -0.3 is 33.8 Å². The van der Waals surface area contributed by atoms with Crippen molar-refractivity contribution in [3.63, 3.8) is 0 Å². The minimum absolute atomic E-state index is 0. The van der Waals surface area contributed by atoms with E-state index in [1.807, 2.05) is 0 Å². The van der Waals surface area contributed by atoms with E-state index in [0.29, 0.717) is 13.1 Å². The Labute approximate surface area is 371 Å². The van der Waals surface area contributed by atoms with Crippen LogP contribution >= 0.6 is 0 Å². The summed E-state index contributed by atoms with van der Waals surface area (Å²) >= 11 is 0. The number of allylic oxidation sites excluding steroid dienone is 8. The van der Waals surface area contributed by atoms with Crippen LogP contribution in [0.3, 0.4) is 0 Å². The number of piperazine rings is 1. The van der Waals surface area contributed by atoms with Crippen molar-refractivity contribution in [2.45, 2.75) is 89.4 Å². The number of anilines is 2. The fraction of sp³-hybridized carbons (Fsp3) is 0.413. The normalized spacial score (nSPS) is 21.4. The van der Waals surface area contributed by atoms with Crippen molar-refractivity contribution >= 4 is 38.5 Å². The fourth-order valence-electron chi connectivity index (χ4n) is 9.48. The average Bonchev–Trinajstić information content (AvgIpc) is 3.57. The zero-order valence-corrected chi connectivity index (χ0v) is 38.3. The highest BCUT2D eigenvalue weighted by atomic mass is 127. The van der Waals surface area contributed by atoms with Gasteiger partial charge in [-0.3, -0.25) is 20.2 Å². The van der Waals surface area contributed by atoms with E-state index in [1.54, 1.807) is 0 Å². The van der Waals surface area contributed by atoms with Gasteiger partial charge in [0.25, 0.3) is 11.4 Å². The average molecular weight is 947 g/mol. The summed E-state index contributed by atoms with van der Waals surface area (Å²) < 4.78 is 31.5. The lowest BCUT2D eigenvalue weighted by atomic mass is 9.82. The fourth-order valence-corrected chi connectivity index (χ4v) is 11.0. The second-order valence-electron chi connectivity index (χ2n) is 16.8. The monoisotopic (exact) mass is 946 g/mol. The molecule has 3 aromatic carbocycles. The predicted octanol–water partition coefficient (Wildman–Crippen LogP) is 6.18. The van der Waals surface area contributed by atoms with Crippen molar-refractivity contribution in [2.24, 2.45) is 0 Å². The SMILES string of the molecule is CCCN1/C(=C\C=C2\CCC/C(=C\C=C3\N(CCC)c4ccccc4C3(C)C)C2=[N+]2CCN(S(=O)(=O)c3ccc([N+](=O)[O-])cc3[N+](=O)[O-])CC2)C(C)(C)c2ccccc21.[I-]. The van der Waals surface area contributed by atoms with Crippen LogP contribution in [-0.4, -0.2) is 72.1 Å². The molecule has 2 fully saturated rings. The molecule has 14 heteroatoms. The Balaban J connectivity index is 0.00000604. The Morgan fingerprint density at radius 2 is 1.20 bits per heavy atom. The highest BCUT2D eigenvalue weighted by Gasteiger charge is 2.42. The first-order valence-corrected chi connectivity index (χ1v) is 22.2. The highest BCUT2D eigenvalue weighted by Crippen LogP contribution is 2.49. The number of benzene rings is 3. The summed E-state index contributed by atoms with van der Waals surface area (Å²) in [7, 11) is -4.33. The zero-order chi connectivity index (χ0) is 42.3. The summed E-state index contributed by atoms with van der Waals surface area (Å²) in [4.78, 5) is 26.0. The van der Waals surface area contributed by atoms with Crippen molar-refractivity contribution in [1.82, 2.24) is 4.31 Å². The molecule has 1 aliphatic carbocycles. The topological polar surface area (TPSA) is 133 Å². The van der Waals surface area contributed by atoms with Crippen LogP contribution in [0.4, 0.5) is 22.7 Å². The summed E-state index contributed by atoms with van der Waals surface area (Å²) in [5.41, 5.74) is 9.33. The number of nitro groups is 2. The minimum Gasteiger partial charge on any atom is -1.00 e. The number of rotatable bonds is 10. The molecule has 0 amide bonds. The van der Waals surface area contributed by atoms with Crippen molar-refractivity contribution < 1.29 is 46.8 Å². The first kappa shape index (κ1) is 44.9. The van der Waals surface area contributed by atoms with Gasteiger partial charge in [-0.05, 0) is 73.6 Å². The Morgan fingerprint density at radius 1 is 0.717 bits per heavy atom. The Bertz CT molecular complexity index is 2360. The van der Waals surface area contributed by atoms with Crippen LogP contribution in [0.15, 0.2) is 118 Å². The van der Waals surface area contributed by atoms with E-state index in [1.165, 1.54) is 49.3 Å². The second kappa shape index (κ2) is 17.7. The predicted molar refractivity (Wildman–Crippen MR) is 234 cm³/mol. The van der Waals surface area contributed by atoms with Gasteiger partial charge in [0.15, 0.2) is 18.0 Å². The number of fused-ring (bicyclic) bond motifs is 2. The lowest BCUT2D eigenvalue weighted by molar-refractivity contribution is -0.536. The van der Waals surface area contributed by atoms with Crippen molar-refractivity contribution in [3.8, 4) is 0 Å². The van der Waals surface area contributed by atoms with E-state index in [9.17, 15) is 28.6 Å². The molecule has 60 heavy (non-hydrogen) atoms. The molecule has 12 nitrogen and oxygen atoms in total. The van der Waals surface area contributed by atoms with Gasteiger partial charge in [0.05, 0.1) is 29.0 Å². The van der Waals surface area contributed by atoms with Crippen LogP contribution in [0.5, 0.6) is 0 Å². The molecule has 0 unspecified atom stereocenters. The molecule has 0 aromatic heterocycles. The molecule has 0 N–H and O–H groups in total. The molecule has 0 radical (unpaired) electrons. The Kier molecular flexibility index (Phi) is 13.3. The van der Waals surface area contributed by atoms with Crippen molar-refractivity contribution in [3.05, 3.63) is 145 Å².